The largest absolute Gasteiger partial charge is 0.449 e. The number of carbonyl (C=O) groups is 1. The van der Waals surface area contributed by atoms with Gasteiger partial charge >= 0.3 is 0 Å². The molecule has 1 aliphatic heterocycles. The van der Waals surface area contributed by atoms with Crippen molar-refractivity contribution in [2.24, 2.45) is 5.73 Å². The molecule has 0 bridgehead atoms. The lowest BCUT2D eigenvalue weighted by atomic mass is 9.87. The van der Waals surface area contributed by atoms with Gasteiger partial charge in [-0.15, -0.1) is 0 Å². The van der Waals surface area contributed by atoms with Crippen LogP contribution in [0.3, 0.4) is 0 Å². The molecule has 136 valence electrons. The molecule has 26 heavy (non-hydrogen) atoms. The summed E-state index contributed by atoms with van der Waals surface area (Å²) in [6, 6.07) is 15.8. The summed E-state index contributed by atoms with van der Waals surface area (Å²) in [6.07, 6.45) is 2.55. The van der Waals surface area contributed by atoms with Crippen molar-refractivity contribution < 1.29 is 9.53 Å². The topological polar surface area (TPSA) is 55.6 Å². The van der Waals surface area contributed by atoms with E-state index >= 15 is 0 Å². The number of nitrogens with two attached hydrogens (primary N) is 1. The molecule has 0 saturated heterocycles. The van der Waals surface area contributed by atoms with Crippen LogP contribution in [-0.2, 0) is 10.2 Å². The van der Waals surface area contributed by atoms with E-state index in [4.69, 9.17) is 10.5 Å². The summed E-state index contributed by atoms with van der Waals surface area (Å²) < 4.78 is 5.89. The number of para-hydroxylation sites is 2. The monoisotopic (exact) mass is 350 g/mol. The van der Waals surface area contributed by atoms with E-state index in [1.165, 1.54) is 5.56 Å². The minimum absolute atomic E-state index is 0.0980. The predicted octanol–water partition coefficient (Wildman–Crippen LogP) is 4.10. The van der Waals surface area contributed by atoms with E-state index in [-0.39, 0.29) is 11.3 Å². The van der Waals surface area contributed by atoms with Crippen molar-refractivity contribution in [2.45, 2.75) is 32.6 Å². The van der Waals surface area contributed by atoms with Crippen molar-refractivity contribution in [2.75, 3.05) is 18.0 Å². The van der Waals surface area contributed by atoms with E-state index in [0.717, 1.165) is 17.7 Å². The fourth-order valence-corrected chi connectivity index (χ4v) is 2.96. The summed E-state index contributed by atoms with van der Waals surface area (Å²) in [5.41, 5.74) is 8.73. The Bertz CT molecular complexity index is 817. The number of benzene rings is 2. The first kappa shape index (κ1) is 18.2. The molecular weight excluding hydrogens is 324 g/mol. The Morgan fingerprint density at radius 3 is 2.42 bits per heavy atom. The van der Waals surface area contributed by atoms with Crippen molar-refractivity contribution in [3.8, 4) is 5.75 Å². The van der Waals surface area contributed by atoms with Crippen LogP contribution in [0.25, 0.3) is 6.08 Å². The highest BCUT2D eigenvalue weighted by Crippen LogP contribution is 2.35. The first-order chi connectivity index (χ1) is 12.4. The van der Waals surface area contributed by atoms with Gasteiger partial charge in [0.15, 0.2) is 11.5 Å². The van der Waals surface area contributed by atoms with E-state index in [1.807, 2.05) is 36.4 Å². The predicted molar refractivity (Wildman–Crippen MR) is 106 cm³/mol. The number of hydrogen-bond acceptors (Lipinski definition) is 3. The smallest absolute Gasteiger partial charge is 0.294 e. The fourth-order valence-electron chi connectivity index (χ4n) is 2.96. The molecule has 0 atom stereocenters. The molecule has 2 N–H and O–H groups in total. The van der Waals surface area contributed by atoms with Crippen LogP contribution in [0.4, 0.5) is 5.69 Å². The lowest BCUT2D eigenvalue weighted by Gasteiger charge is -2.30. The molecule has 2 aromatic carbocycles. The third-order valence-electron chi connectivity index (χ3n) is 4.49. The highest BCUT2D eigenvalue weighted by atomic mass is 16.5. The molecule has 1 aliphatic rings. The number of rotatable bonds is 4. The number of hydrogen-bond donors (Lipinski definition) is 1. The third-order valence-corrected chi connectivity index (χ3v) is 4.49. The fraction of sp³-hybridized carbons (Fsp3) is 0.318. The highest BCUT2D eigenvalue weighted by molar-refractivity contribution is 6.09. The minimum Gasteiger partial charge on any atom is -0.449 e. The van der Waals surface area contributed by atoms with Crippen LogP contribution < -0.4 is 15.4 Å². The molecule has 0 spiro atoms. The average molecular weight is 350 g/mol. The molecule has 4 heteroatoms. The number of anilines is 1. The van der Waals surface area contributed by atoms with Crippen LogP contribution in [0.1, 0.15) is 38.3 Å². The van der Waals surface area contributed by atoms with Crippen molar-refractivity contribution in [1.29, 1.82) is 0 Å². The Morgan fingerprint density at radius 2 is 1.77 bits per heavy atom. The van der Waals surface area contributed by atoms with Gasteiger partial charge < -0.3 is 15.4 Å². The molecule has 3 rings (SSSR count). The Balaban J connectivity index is 1.92. The van der Waals surface area contributed by atoms with Gasteiger partial charge in [-0.25, -0.2) is 0 Å². The summed E-state index contributed by atoms with van der Waals surface area (Å²) in [4.78, 5) is 14.7. The zero-order valence-corrected chi connectivity index (χ0v) is 15.7. The molecule has 0 aliphatic carbocycles. The molecule has 1 heterocycles. The molecule has 2 aromatic rings. The van der Waals surface area contributed by atoms with Gasteiger partial charge in [-0.1, -0.05) is 57.2 Å². The number of nitrogens with zero attached hydrogens (tertiary/aromatic N) is 1. The van der Waals surface area contributed by atoms with Gasteiger partial charge in [0.1, 0.15) is 0 Å². The van der Waals surface area contributed by atoms with Crippen LogP contribution in [-0.4, -0.2) is 19.0 Å². The summed E-state index contributed by atoms with van der Waals surface area (Å²) in [5, 5.41) is 0. The van der Waals surface area contributed by atoms with Crippen LogP contribution in [0.15, 0.2) is 54.3 Å². The van der Waals surface area contributed by atoms with Crippen LogP contribution in [0.2, 0.25) is 0 Å². The highest BCUT2D eigenvalue weighted by Gasteiger charge is 2.29. The lowest BCUT2D eigenvalue weighted by molar-refractivity contribution is -0.117. The number of amides is 1. The van der Waals surface area contributed by atoms with E-state index < -0.39 is 0 Å². The zero-order valence-electron chi connectivity index (χ0n) is 15.7. The van der Waals surface area contributed by atoms with Gasteiger partial charge in [0.2, 0.25) is 0 Å². The molecule has 0 unspecified atom stereocenters. The molecule has 0 saturated carbocycles. The first-order valence-corrected chi connectivity index (χ1v) is 9.01. The second kappa shape index (κ2) is 7.34. The normalized spacial score (nSPS) is 15.8. The average Bonchev–Trinajstić information content (AvgIpc) is 2.61. The quantitative estimate of drug-likeness (QED) is 0.845. The number of carbonyl (C=O) groups excluding carboxylic acids is 1. The van der Waals surface area contributed by atoms with Gasteiger partial charge in [-0.05, 0) is 47.7 Å². The number of fused-ring (bicyclic) bond motifs is 1. The van der Waals surface area contributed by atoms with Gasteiger partial charge in [-0.2, -0.15) is 0 Å². The van der Waals surface area contributed by atoms with Crippen molar-refractivity contribution in [1.82, 2.24) is 0 Å². The Hall–Kier alpha value is -2.59. The van der Waals surface area contributed by atoms with Gasteiger partial charge in [-0.3, -0.25) is 4.79 Å². The minimum atomic E-state index is -0.128. The van der Waals surface area contributed by atoms with Crippen molar-refractivity contribution in [3.63, 3.8) is 0 Å². The Kier molecular flexibility index (Phi) is 5.14. The SMILES string of the molecule is CC(C)(C)c1ccc(/C=C2/Oc3ccccc3N(CCCN)C2=O)cc1. The third kappa shape index (κ3) is 3.81. The van der Waals surface area contributed by atoms with Crippen LogP contribution in [0, 0.1) is 0 Å². The summed E-state index contributed by atoms with van der Waals surface area (Å²) >= 11 is 0. The van der Waals surface area contributed by atoms with E-state index in [2.05, 4.69) is 32.9 Å². The van der Waals surface area contributed by atoms with Crippen molar-refractivity contribution in [3.05, 3.63) is 65.4 Å². The van der Waals surface area contributed by atoms with Gasteiger partial charge in [0.25, 0.3) is 5.91 Å². The van der Waals surface area contributed by atoms with E-state index in [0.29, 0.717) is 24.6 Å². The maximum Gasteiger partial charge on any atom is 0.294 e. The van der Waals surface area contributed by atoms with Crippen molar-refractivity contribution >= 4 is 17.7 Å². The van der Waals surface area contributed by atoms with E-state index in [9.17, 15) is 4.79 Å². The summed E-state index contributed by atoms with van der Waals surface area (Å²) in [6.45, 7) is 7.66. The Morgan fingerprint density at radius 1 is 1.08 bits per heavy atom. The second-order valence-electron chi connectivity index (χ2n) is 7.55. The number of ether oxygens (including phenoxy) is 1. The van der Waals surface area contributed by atoms with Crippen LogP contribution >= 0.6 is 0 Å². The standard InChI is InChI=1S/C22H26N2O2/c1-22(2,3)17-11-9-16(10-12-17)15-20-21(25)24(14-6-13-23)18-7-4-5-8-19(18)26-20/h4-5,7-12,15H,6,13-14,23H2,1-3H3/b20-15+. The molecule has 0 radical (unpaired) electrons. The zero-order chi connectivity index (χ0) is 18.7. The molecule has 0 aromatic heterocycles. The molecule has 0 fully saturated rings. The maximum atomic E-state index is 12.9. The van der Waals surface area contributed by atoms with E-state index in [1.54, 1.807) is 11.0 Å². The van der Waals surface area contributed by atoms with Gasteiger partial charge in [0.05, 0.1) is 5.69 Å². The Labute approximate surface area is 155 Å². The maximum absolute atomic E-state index is 12.9. The molecular formula is C22H26N2O2. The van der Waals surface area contributed by atoms with Gasteiger partial charge in [0, 0.05) is 6.54 Å². The molecule has 4 nitrogen and oxygen atoms in total. The summed E-state index contributed by atoms with van der Waals surface area (Å²) in [7, 11) is 0. The molecule has 1 amide bonds. The first-order valence-electron chi connectivity index (χ1n) is 9.01. The summed E-state index contributed by atoms with van der Waals surface area (Å²) in [5.74, 6) is 0.906. The lowest BCUT2D eigenvalue weighted by Crippen LogP contribution is -2.38. The second-order valence-corrected chi connectivity index (χ2v) is 7.55. The van der Waals surface area contributed by atoms with Crippen LogP contribution in [0.5, 0.6) is 5.75 Å².